The van der Waals surface area contributed by atoms with E-state index in [1.807, 2.05) is 24.3 Å². The Kier molecular flexibility index (Phi) is 4.29. The van der Waals surface area contributed by atoms with E-state index in [2.05, 4.69) is 32.3 Å². The second-order valence-electron chi connectivity index (χ2n) is 7.42. The Morgan fingerprint density at radius 3 is 2.78 bits per heavy atom. The third-order valence-electron chi connectivity index (χ3n) is 5.66. The van der Waals surface area contributed by atoms with Crippen LogP contribution in [0.2, 0.25) is 0 Å². The molecule has 1 atom stereocenters. The van der Waals surface area contributed by atoms with Gasteiger partial charge in [0.25, 0.3) is 6.01 Å². The maximum atomic E-state index is 5.89. The maximum Gasteiger partial charge on any atom is 0.298 e. The van der Waals surface area contributed by atoms with Gasteiger partial charge in [0, 0.05) is 38.6 Å². The van der Waals surface area contributed by atoms with Crippen LogP contribution in [0.3, 0.4) is 0 Å². The van der Waals surface area contributed by atoms with Crippen LogP contribution in [0.5, 0.6) is 0 Å². The van der Waals surface area contributed by atoms with Gasteiger partial charge in [-0.25, -0.2) is 0 Å². The molecule has 2 aromatic heterocycles. The summed E-state index contributed by atoms with van der Waals surface area (Å²) < 4.78 is 11.5. The highest BCUT2D eigenvalue weighted by molar-refractivity contribution is 5.74. The fourth-order valence-corrected chi connectivity index (χ4v) is 3.96. The van der Waals surface area contributed by atoms with Gasteiger partial charge in [0.2, 0.25) is 5.89 Å². The molecule has 4 heterocycles. The van der Waals surface area contributed by atoms with Gasteiger partial charge in [0.15, 0.2) is 11.4 Å². The fourth-order valence-electron chi connectivity index (χ4n) is 3.96. The Morgan fingerprint density at radius 2 is 1.96 bits per heavy atom. The Labute approximate surface area is 157 Å². The summed E-state index contributed by atoms with van der Waals surface area (Å²) in [4.78, 5) is 13.8. The van der Waals surface area contributed by atoms with E-state index < -0.39 is 0 Å². The van der Waals surface area contributed by atoms with Gasteiger partial charge in [-0.2, -0.15) is 9.97 Å². The SMILES string of the molecule is CN1CCNCC1c1noc(C2CCN(c3nc4ccccc4o3)CC2)n1. The van der Waals surface area contributed by atoms with E-state index in [4.69, 9.17) is 13.9 Å². The lowest BCUT2D eigenvalue weighted by Crippen LogP contribution is -2.44. The molecule has 2 aliphatic rings. The van der Waals surface area contributed by atoms with Gasteiger partial charge in [-0.15, -0.1) is 0 Å². The molecular formula is C19H24N6O2. The van der Waals surface area contributed by atoms with Crippen molar-refractivity contribution in [1.82, 2.24) is 25.3 Å². The molecule has 8 heteroatoms. The van der Waals surface area contributed by atoms with Gasteiger partial charge in [-0.1, -0.05) is 17.3 Å². The van der Waals surface area contributed by atoms with Crippen molar-refractivity contribution in [2.24, 2.45) is 0 Å². The van der Waals surface area contributed by atoms with E-state index in [1.165, 1.54) is 0 Å². The van der Waals surface area contributed by atoms with Crippen molar-refractivity contribution in [3.8, 4) is 0 Å². The molecule has 1 aromatic carbocycles. The number of nitrogens with zero attached hydrogens (tertiary/aromatic N) is 5. The Morgan fingerprint density at radius 1 is 1.11 bits per heavy atom. The number of fused-ring (bicyclic) bond motifs is 1. The molecular weight excluding hydrogens is 344 g/mol. The lowest BCUT2D eigenvalue weighted by Gasteiger charge is -2.30. The van der Waals surface area contributed by atoms with Crippen LogP contribution >= 0.6 is 0 Å². The van der Waals surface area contributed by atoms with Gasteiger partial charge < -0.3 is 19.2 Å². The van der Waals surface area contributed by atoms with Gasteiger partial charge in [0.1, 0.15) is 5.52 Å². The van der Waals surface area contributed by atoms with Crippen LogP contribution < -0.4 is 10.2 Å². The van der Waals surface area contributed by atoms with E-state index >= 15 is 0 Å². The number of para-hydroxylation sites is 2. The Hall–Kier alpha value is -2.45. The van der Waals surface area contributed by atoms with Crippen molar-refractivity contribution in [3.05, 3.63) is 36.0 Å². The summed E-state index contributed by atoms with van der Waals surface area (Å²) >= 11 is 0. The Balaban J connectivity index is 1.25. The Bertz CT molecular complexity index is 881. The summed E-state index contributed by atoms with van der Waals surface area (Å²) in [7, 11) is 2.11. The molecule has 1 N–H and O–H groups in total. The summed E-state index contributed by atoms with van der Waals surface area (Å²) in [5, 5.41) is 7.66. The number of aromatic nitrogens is 3. The number of oxazole rings is 1. The van der Waals surface area contributed by atoms with Crippen molar-refractivity contribution >= 4 is 17.1 Å². The topological polar surface area (TPSA) is 83.5 Å². The summed E-state index contributed by atoms with van der Waals surface area (Å²) in [6, 6.07) is 8.78. The highest BCUT2D eigenvalue weighted by Crippen LogP contribution is 2.31. The number of hydrogen-bond donors (Lipinski definition) is 1. The van der Waals surface area contributed by atoms with Crippen LogP contribution in [-0.4, -0.2) is 59.8 Å². The number of anilines is 1. The van der Waals surface area contributed by atoms with Gasteiger partial charge in [-0.3, -0.25) is 4.90 Å². The van der Waals surface area contributed by atoms with Crippen LogP contribution in [0.25, 0.3) is 11.1 Å². The molecule has 142 valence electrons. The average Bonchev–Trinajstić information content (AvgIpc) is 3.36. The maximum absolute atomic E-state index is 5.89. The molecule has 5 rings (SSSR count). The van der Waals surface area contributed by atoms with E-state index in [-0.39, 0.29) is 6.04 Å². The summed E-state index contributed by atoms with van der Waals surface area (Å²) in [6.07, 6.45) is 1.91. The molecule has 0 spiro atoms. The normalized spacial score (nSPS) is 22.6. The molecule has 1 unspecified atom stereocenters. The highest BCUT2D eigenvalue weighted by atomic mass is 16.5. The quantitative estimate of drug-likeness (QED) is 0.753. The van der Waals surface area contributed by atoms with Gasteiger partial charge >= 0.3 is 0 Å². The van der Waals surface area contributed by atoms with Crippen LogP contribution in [0.15, 0.2) is 33.2 Å². The number of nitrogens with one attached hydrogen (secondary N) is 1. The first kappa shape index (κ1) is 16.7. The van der Waals surface area contributed by atoms with Crippen LogP contribution in [0.1, 0.15) is 36.5 Å². The smallest absolute Gasteiger partial charge is 0.298 e. The van der Waals surface area contributed by atoms with Gasteiger partial charge in [-0.05, 0) is 32.0 Å². The molecule has 2 saturated heterocycles. The lowest BCUT2D eigenvalue weighted by atomic mass is 9.97. The first-order chi connectivity index (χ1) is 13.3. The first-order valence-corrected chi connectivity index (χ1v) is 9.63. The minimum absolute atomic E-state index is 0.191. The molecule has 0 bridgehead atoms. The van der Waals surface area contributed by atoms with Crippen molar-refractivity contribution in [2.75, 3.05) is 44.7 Å². The highest BCUT2D eigenvalue weighted by Gasteiger charge is 2.30. The van der Waals surface area contributed by atoms with E-state index in [0.717, 1.165) is 68.4 Å². The standard InChI is InChI=1S/C19H24N6O2/c1-24-11-8-20-12-15(24)17-22-18(27-23-17)13-6-9-25(10-7-13)19-21-14-4-2-3-5-16(14)26-19/h2-5,13,15,20H,6-12H2,1H3. The second-order valence-corrected chi connectivity index (χ2v) is 7.42. The third-order valence-corrected chi connectivity index (χ3v) is 5.66. The minimum Gasteiger partial charge on any atom is -0.423 e. The van der Waals surface area contributed by atoms with Crippen LogP contribution in [0.4, 0.5) is 6.01 Å². The molecule has 3 aromatic rings. The number of benzene rings is 1. The molecule has 27 heavy (non-hydrogen) atoms. The molecule has 2 fully saturated rings. The zero-order chi connectivity index (χ0) is 18.2. The molecule has 0 radical (unpaired) electrons. The van der Waals surface area contributed by atoms with Crippen molar-refractivity contribution in [2.45, 2.75) is 24.8 Å². The minimum atomic E-state index is 0.191. The monoisotopic (exact) mass is 368 g/mol. The van der Waals surface area contributed by atoms with Gasteiger partial charge in [0.05, 0.1) is 6.04 Å². The van der Waals surface area contributed by atoms with E-state index in [1.54, 1.807) is 0 Å². The van der Waals surface area contributed by atoms with Crippen molar-refractivity contribution in [1.29, 1.82) is 0 Å². The molecule has 8 nitrogen and oxygen atoms in total. The second kappa shape index (κ2) is 6.94. The summed E-state index contributed by atoms with van der Waals surface area (Å²) in [5.41, 5.74) is 1.74. The number of piperidine rings is 1. The number of rotatable bonds is 3. The predicted octanol–water partition coefficient (Wildman–Crippen LogP) is 2.17. The zero-order valence-corrected chi connectivity index (χ0v) is 15.5. The van der Waals surface area contributed by atoms with Crippen molar-refractivity contribution in [3.63, 3.8) is 0 Å². The largest absolute Gasteiger partial charge is 0.423 e. The lowest BCUT2D eigenvalue weighted by molar-refractivity contribution is 0.190. The summed E-state index contributed by atoms with van der Waals surface area (Å²) in [6.45, 7) is 4.62. The molecule has 0 amide bonds. The van der Waals surface area contributed by atoms with E-state index in [9.17, 15) is 0 Å². The summed E-state index contributed by atoms with van der Waals surface area (Å²) in [5.74, 6) is 1.86. The number of likely N-dealkylation sites (N-methyl/N-ethyl adjacent to an activating group) is 1. The van der Waals surface area contributed by atoms with Crippen molar-refractivity contribution < 1.29 is 8.94 Å². The van der Waals surface area contributed by atoms with Crippen LogP contribution in [-0.2, 0) is 0 Å². The average molecular weight is 368 g/mol. The van der Waals surface area contributed by atoms with Crippen LogP contribution in [0, 0.1) is 0 Å². The van der Waals surface area contributed by atoms with E-state index in [0.29, 0.717) is 11.9 Å². The predicted molar refractivity (Wildman–Crippen MR) is 101 cm³/mol. The number of piperazine rings is 1. The number of hydrogen-bond acceptors (Lipinski definition) is 8. The third kappa shape index (κ3) is 3.19. The fraction of sp³-hybridized carbons (Fsp3) is 0.526. The molecule has 0 aliphatic carbocycles. The first-order valence-electron chi connectivity index (χ1n) is 9.63. The molecule has 0 saturated carbocycles. The zero-order valence-electron chi connectivity index (χ0n) is 15.5. The molecule has 2 aliphatic heterocycles.